The van der Waals surface area contributed by atoms with E-state index in [1.54, 1.807) is 6.92 Å². The van der Waals surface area contributed by atoms with Crippen LogP contribution in [0.15, 0.2) is 47.2 Å². The first-order valence-electron chi connectivity index (χ1n) is 14.1. The van der Waals surface area contributed by atoms with Gasteiger partial charge in [0.05, 0.1) is 25.0 Å². The minimum atomic E-state index is -1.37. The minimum absolute atomic E-state index is 0.0420. The van der Waals surface area contributed by atoms with Crippen LogP contribution in [-0.4, -0.2) is 51.5 Å². The van der Waals surface area contributed by atoms with E-state index in [0.717, 1.165) is 23.8 Å². The quantitative estimate of drug-likeness (QED) is 0.391. The van der Waals surface area contributed by atoms with Crippen molar-refractivity contribution in [3.05, 3.63) is 76.6 Å². The third-order valence-corrected chi connectivity index (χ3v) is 8.44. The summed E-state index contributed by atoms with van der Waals surface area (Å²) in [6.07, 6.45) is 3.95. The molecule has 2 aliphatic heterocycles. The summed E-state index contributed by atoms with van der Waals surface area (Å²) in [5.74, 6) is -4.78. The number of carbonyl (C=O) groups excluding carboxylic acids is 2. The molecular weight excluding hydrogens is 561 g/mol. The lowest BCUT2D eigenvalue weighted by atomic mass is 9.75. The first kappa shape index (κ1) is 28.6. The van der Waals surface area contributed by atoms with Crippen LogP contribution < -0.4 is 15.4 Å². The number of nitrogens with zero attached hydrogens (tertiary/aromatic N) is 4. The second kappa shape index (κ2) is 10.7. The first-order valence-corrected chi connectivity index (χ1v) is 14.1. The number of hydrogen-bond acceptors (Lipinski definition) is 6. The predicted molar refractivity (Wildman–Crippen MR) is 154 cm³/mol. The molecule has 12 heteroatoms. The SMILES string of the molecule is CC1=NCC(C)=C1c1ncc(NC(=O)[C@@H](NC(=O)c2ccnn2C(C)C)C2c3c(F)ccc(F)c3OCC23CC3)cc1F. The van der Waals surface area contributed by atoms with Crippen molar-refractivity contribution in [2.45, 2.75) is 58.5 Å². The van der Waals surface area contributed by atoms with E-state index in [4.69, 9.17) is 4.74 Å². The number of hydrogen-bond donors (Lipinski definition) is 2. The summed E-state index contributed by atoms with van der Waals surface area (Å²) >= 11 is 0. The zero-order valence-corrected chi connectivity index (χ0v) is 24.2. The summed E-state index contributed by atoms with van der Waals surface area (Å²) in [5, 5.41) is 9.63. The standard InChI is InChI=1S/C31H31F3N6O3/c1-15(2)40-22(7-10-37-40)29(41)39-27(25-24-19(32)5-6-20(33)28(24)43-14-31(25)8-9-31)30(42)38-18-11-21(34)26(36-13-18)23-16(3)12-35-17(23)4/h5-7,10-11,13,15,25,27H,8-9,12,14H2,1-4H3,(H,38,42)(H,39,41)/t25?,27-/m0/s1. The molecule has 0 radical (unpaired) electrons. The molecule has 2 aromatic heterocycles. The maximum atomic E-state index is 15.4. The Labute approximate surface area is 246 Å². The third-order valence-electron chi connectivity index (χ3n) is 8.44. The first-order chi connectivity index (χ1) is 20.5. The predicted octanol–water partition coefficient (Wildman–Crippen LogP) is 5.22. The number of benzene rings is 1. The van der Waals surface area contributed by atoms with Gasteiger partial charge < -0.3 is 15.4 Å². The number of ether oxygens (including phenoxy) is 1. The summed E-state index contributed by atoms with van der Waals surface area (Å²) < 4.78 is 52.8. The highest BCUT2D eigenvalue weighted by Gasteiger charge is 2.59. The highest BCUT2D eigenvalue weighted by Crippen LogP contribution is 2.62. The van der Waals surface area contributed by atoms with Crippen molar-refractivity contribution in [3.63, 3.8) is 0 Å². The van der Waals surface area contributed by atoms with Gasteiger partial charge in [0.15, 0.2) is 17.4 Å². The zero-order chi connectivity index (χ0) is 30.6. The molecule has 1 aliphatic carbocycles. The number of aliphatic imine (C=N–C) groups is 1. The summed E-state index contributed by atoms with van der Waals surface area (Å²) in [5.41, 5.74) is 1.71. The van der Waals surface area contributed by atoms with Crippen molar-refractivity contribution in [2.24, 2.45) is 10.4 Å². The molecule has 2 N–H and O–H groups in total. The molecule has 1 saturated carbocycles. The Bertz CT molecular complexity index is 1710. The van der Waals surface area contributed by atoms with Crippen LogP contribution in [0, 0.1) is 22.9 Å². The van der Waals surface area contributed by atoms with Crippen LogP contribution in [0.5, 0.6) is 5.75 Å². The molecule has 4 heterocycles. The van der Waals surface area contributed by atoms with Crippen molar-refractivity contribution >= 4 is 28.8 Å². The highest BCUT2D eigenvalue weighted by atomic mass is 19.1. The van der Waals surface area contributed by atoms with E-state index in [-0.39, 0.29) is 41.0 Å². The lowest BCUT2D eigenvalue weighted by Gasteiger charge is -2.38. The summed E-state index contributed by atoms with van der Waals surface area (Å²) in [6.45, 7) is 7.84. The van der Waals surface area contributed by atoms with Crippen LogP contribution in [0.2, 0.25) is 0 Å². The summed E-state index contributed by atoms with van der Waals surface area (Å²) in [4.78, 5) is 36.2. The highest BCUT2D eigenvalue weighted by molar-refractivity contribution is 6.24. The van der Waals surface area contributed by atoms with Gasteiger partial charge in [0.1, 0.15) is 23.2 Å². The normalized spacial score (nSPS) is 19.2. The zero-order valence-electron chi connectivity index (χ0n) is 24.2. The van der Waals surface area contributed by atoms with Crippen LogP contribution >= 0.6 is 0 Å². The molecule has 224 valence electrons. The van der Waals surface area contributed by atoms with Gasteiger partial charge in [-0.15, -0.1) is 0 Å². The number of aromatic nitrogens is 3. The average molecular weight is 593 g/mol. The van der Waals surface area contributed by atoms with E-state index in [1.807, 2.05) is 20.8 Å². The van der Waals surface area contributed by atoms with Crippen LogP contribution in [0.3, 0.4) is 0 Å². The number of allylic oxidation sites excluding steroid dienone is 1. The van der Waals surface area contributed by atoms with Crippen molar-refractivity contribution in [1.29, 1.82) is 0 Å². The number of nitrogens with one attached hydrogen (secondary N) is 2. The van der Waals surface area contributed by atoms with E-state index in [2.05, 4.69) is 25.7 Å². The van der Waals surface area contributed by atoms with Gasteiger partial charge in [-0.25, -0.2) is 13.2 Å². The molecule has 2 atom stereocenters. The van der Waals surface area contributed by atoms with E-state index in [9.17, 15) is 14.0 Å². The summed E-state index contributed by atoms with van der Waals surface area (Å²) in [7, 11) is 0. The van der Waals surface area contributed by atoms with Crippen molar-refractivity contribution in [3.8, 4) is 5.75 Å². The van der Waals surface area contributed by atoms with Crippen LogP contribution in [-0.2, 0) is 4.79 Å². The molecule has 0 saturated heterocycles. The number of halogens is 3. The van der Waals surface area contributed by atoms with Gasteiger partial charge in [0, 0.05) is 46.5 Å². The van der Waals surface area contributed by atoms with Gasteiger partial charge >= 0.3 is 0 Å². The van der Waals surface area contributed by atoms with Gasteiger partial charge in [0.2, 0.25) is 5.91 Å². The Kier molecular flexibility index (Phi) is 7.10. The molecule has 2 amide bonds. The molecule has 1 fully saturated rings. The molecule has 43 heavy (non-hydrogen) atoms. The van der Waals surface area contributed by atoms with Crippen molar-refractivity contribution in [2.75, 3.05) is 18.5 Å². The average Bonchev–Trinajstić information content (AvgIpc) is 3.39. The number of rotatable bonds is 7. The smallest absolute Gasteiger partial charge is 0.270 e. The van der Waals surface area contributed by atoms with Crippen LogP contribution in [0.1, 0.15) is 74.2 Å². The Morgan fingerprint density at radius 2 is 1.84 bits per heavy atom. The fraction of sp³-hybridized carbons (Fsp3) is 0.387. The monoisotopic (exact) mass is 592 g/mol. The van der Waals surface area contributed by atoms with Gasteiger partial charge in [-0.3, -0.25) is 24.2 Å². The Hall–Kier alpha value is -4.48. The topological polar surface area (TPSA) is 110 Å². The van der Waals surface area contributed by atoms with E-state index < -0.39 is 46.6 Å². The summed E-state index contributed by atoms with van der Waals surface area (Å²) in [6, 6.07) is 3.07. The van der Waals surface area contributed by atoms with E-state index >= 15 is 8.78 Å². The molecule has 9 nitrogen and oxygen atoms in total. The number of pyridine rings is 1. The molecular formula is C31H31F3N6O3. The number of anilines is 1. The molecule has 6 rings (SSSR count). The van der Waals surface area contributed by atoms with Crippen molar-refractivity contribution < 1.29 is 27.5 Å². The van der Waals surface area contributed by atoms with Gasteiger partial charge in [-0.1, -0.05) is 0 Å². The number of fused-ring (bicyclic) bond motifs is 1. The van der Waals surface area contributed by atoms with Crippen LogP contribution in [0.4, 0.5) is 18.9 Å². The molecule has 3 aliphatic rings. The van der Waals surface area contributed by atoms with Gasteiger partial charge in [0.25, 0.3) is 5.91 Å². The minimum Gasteiger partial charge on any atom is -0.489 e. The maximum Gasteiger partial charge on any atom is 0.270 e. The second-order valence-corrected chi connectivity index (χ2v) is 11.7. The Morgan fingerprint density at radius 1 is 1.09 bits per heavy atom. The van der Waals surface area contributed by atoms with Gasteiger partial charge in [-0.05, 0) is 64.3 Å². The maximum absolute atomic E-state index is 15.4. The van der Waals surface area contributed by atoms with E-state index in [0.29, 0.717) is 30.7 Å². The lowest BCUT2D eigenvalue weighted by molar-refractivity contribution is -0.119. The molecule has 1 aromatic carbocycles. The third kappa shape index (κ3) is 4.98. The van der Waals surface area contributed by atoms with Crippen LogP contribution in [0.25, 0.3) is 5.57 Å². The number of amides is 2. The molecule has 0 bridgehead atoms. The fourth-order valence-corrected chi connectivity index (χ4v) is 6.14. The second-order valence-electron chi connectivity index (χ2n) is 11.7. The molecule has 1 spiro atoms. The lowest BCUT2D eigenvalue weighted by Crippen LogP contribution is -2.52. The molecule has 3 aromatic rings. The van der Waals surface area contributed by atoms with Gasteiger partial charge in [-0.2, -0.15) is 5.10 Å². The molecule has 1 unspecified atom stereocenters. The van der Waals surface area contributed by atoms with E-state index in [1.165, 1.54) is 23.1 Å². The Balaban J connectivity index is 1.38. The fourth-order valence-electron chi connectivity index (χ4n) is 6.14. The number of carbonyl (C=O) groups is 2. The largest absolute Gasteiger partial charge is 0.489 e. The Morgan fingerprint density at radius 3 is 2.49 bits per heavy atom. The van der Waals surface area contributed by atoms with Crippen molar-refractivity contribution in [1.82, 2.24) is 20.1 Å².